The molecule has 3 nitrogen and oxygen atoms in total. The number of rotatable bonds is 5. The minimum atomic E-state index is -0.580. The molecule has 4 heteroatoms. The van der Waals surface area contributed by atoms with Crippen molar-refractivity contribution in [3.63, 3.8) is 0 Å². The summed E-state index contributed by atoms with van der Waals surface area (Å²) in [6.45, 7) is 0.903. The topological polar surface area (TPSA) is 59.0 Å². The van der Waals surface area contributed by atoms with Crippen LogP contribution in [0.25, 0.3) is 0 Å². The Morgan fingerprint density at radius 2 is 2.27 bits per heavy atom. The predicted octanol–water partition coefficient (Wildman–Crippen LogP) is 1.53. The van der Waals surface area contributed by atoms with Gasteiger partial charge in [0.25, 0.3) is 0 Å². The molecule has 2 aliphatic rings. The third-order valence-electron chi connectivity index (χ3n) is 3.18. The van der Waals surface area contributed by atoms with Crippen LogP contribution in [0.2, 0.25) is 0 Å². The van der Waals surface area contributed by atoms with Gasteiger partial charge in [-0.25, -0.2) is 0 Å². The second-order valence-electron chi connectivity index (χ2n) is 4.58. The van der Waals surface area contributed by atoms with Crippen molar-refractivity contribution >= 4 is 11.8 Å². The average Bonchev–Trinajstić information content (AvgIpc) is 2.98. The first-order chi connectivity index (χ1) is 7.24. The van der Waals surface area contributed by atoms with Crippen LogP contribution in [0.3, 0.4) is 0 Å². The molecule has 1 aliphatic heterocycles. The molecule has 0 aromatic heterocycles. The molecule has 0 amide bonds. The Kier molecular flexibility index (Phi) is 3.55. The van der Waals surface area contributed by atoms with Crippen LogP contribution in [0.15, 0.2) is 0 Å². The van der Waals surface area contributed by atoms with Crippen molar-refractivity contribution in [3.8, 4) is 6.07 Å². The largest absolute Gasteiger partial charge is 0.377 e. The van der Waals surface area contributed by atoms with E-state index in [-0.39, 0.29) is 0 Å². The molecule has 84 valence electrons. The van der Waals surface area contributed by atoms with Gasteiger partial charge in [-0.2, -0.15) is 17.0 Å². The van der Waals surface area contributed by atoms with Gasteiger partial charge >= 0.3 is 0 Å². The van der Waals surface area contributed by atoms with Gasteiger partial charge in [-0.3, -0.25) is 0 Å². The highest BCUT2D eigenvalue weighted by molar-refractivity contribution is 7.99. The van der Waals surface area contributed by atoms with E-state index >= 15 is 0 Å². The standard InChI is InChI=1S/C11H18N2OS/c12-7-11(13,9-3-4-9)8-15-6-10-2-1-5-14-10/h9-10H,1-6,8,13H2. The maximum absolute atomic E-state index is 9.07. The first kappa shape index (κ1) is 11.3. The van der Waals surface area contributed by atoms with E-state index in [1.807, 2.05) is 0 Å². The molecule has 1 aliphatic carbocycles. The van der Waals surface area contributed by atoms with Gasteiger partial charge < -0.3 is 10.5 Å². The van der Waals surface area contributed by atoms with Gasteiger partial charge in [-0.05, 0) is 31.6 Å². The maximum atomic E-state index is 9.07. The lowest BCUT2D eigenvalue weighted by Crippen LogP contribution is -2.43. The van der Waals surface area contributed by atoms with Crippen LogP contribution in [-0.4, -0.2) is 29.8 Å². The lowest BCUT2D eigenvalue weighted by atomic mass is 10.00. The average molecular weight is 226 g/mol. The zero-order valence-corrected chi connectivity index (χ0v) is 9.76. The highest BCUT2D eigenvalue weighted by atomic mass is 32.2. The smallest absolute Gasteiger partial charge is 0.116 e. The van der Waals surface area contributed by atoms with Gasteiger partial charge in [-0.1, -0.05) is 0 Å². The SMILES string of the molecule is N#CC(N)(CSCC1CCCO1)C1CC1. The Bertz CT molecular complexity index is 256. The Hall–Kier alpha value is -0.240. The fraction of sp³-hybridized carbons (Fsp3) is 0.909. The molecule has 2 rings (SSSR count). The highest BCUT2D eigenvalue weighted by Crippen LogP contribution is 2.39. The first-order valence-corrected chi connectivity index (χ1v) is 6.79. The molecule has 2 N–H and O–H groups in total. The van der Waals surface area contributed by atoms with E-state index in [1.54, 1.807) is 11.8 Å². The summed E-state index contributed by atoms with van der Waals surface area (Å²) in [4.78, 5) is 0. The molecule has 2 atom stereocenters. The van der Waals surface area contributed by atoms with Crippen LogP contribution in [-0.2, 0) is 4.74 Å². The molecular formula is C11H18N2OS. The fourth-order valence-corrected chi connectivity index (χ4v) is 3.26. The van der Waals surface area contributed by atoms with Crippen molar-refractivity contribution in [3.05, 3.63) is 0 Å². The molecule has 0 bridgehead atoms. The molecule has 2 unspecified atom stereocenters. The molecule has 1 heterocycles. The zero-order chi connectivity index (χ0) is 10.7. The first-order valence-electron chi connectivity index (χ1n) is 5.64. The second kappa shape index (κ2) is 4.73. The molecule has 2 fully saturated rings. The van der Waals surface area contributed by atoms with Crippen molar-refractivity contribution in [2.45, 2.75) is 37.3 Å². The highest BCUT2D eigenvalue weighted by Gasteiger charge is 2.42. The molecule has 1 saturated carbocycles. The number of nitrogens with zero attached hydrogens (tertiary/aromatic N) is 1. The number of hydrogen-bond donors (Lipinski definition) is 1. The molecule has 15 heavy (non-hydrogen) atoms. The third kappa shape index (κ3) is 2.87. The monoisotopic (exact) mass is 226 g/mol. The van der Waals surface area contributed by atoms with E-state index in [9.17, 15) is 0 Å². The van der Waals surface area contributed by atoms with E-state index in [1.165, 1.54) is 12.8 Å². The van der Waals surface area contributed by atoms with Gasteiger partial charge in [0.15, 0.2) is 0 Å². The maximum Gasteiger partial charge on any atom is 0.116 e. The predicted molar refractivity (Wildman–Crippen MR) is 61.6 cm³/mol. The van der Waals surface area contributed by atoms with Crippen molar-refractivity contribution in [1.29, 1.82) is 5.26 Å². The van der Waals surface area contributed by atoms with Gasteiger partial charge in [0.2, 0.25) is 0 Å². The summed E-state index contributed by atoms with van der Waals surface area (Å²) in [6, 6.07) is 2.28. The van der Waals surface area contributed by atoms with E-state index in [0.717, 1.165) is 31.0 Å². The number of hydrogen-bond acceptors (Lipinski definition) is 4. The Balaban J connectivity index is 1.69. The van der Waals surface area contributed by atoms with Crippen LogP contribution in [0.1, 0.15) is 25.7 Å². The lowest BCUT2D eigenvalue weighted by molar-refractivity contribution is 0.129. The second-order valence-corrected chi connectivity index (χ2v) is 5.61. The van der Waals surface area contributed by atoms with Crippen molar-refractivity contribution in [2.24, 2.45) is 11.7 Å². The normalized spacial score (nSPS) is 29.7. The van der Waals surface area contributed by atoms with Crippen molar-refractivity contribution < 1.29 is 4.74 Å². The summed E-state index contributed by atoms with van der Waals surface area (Å²) in [7, 11) is 0. The van der Waals surface area contributed by atoms with E-state index in [4.69, 9.17) is 15.7 Å². The van der Waals surface area contributed by atoms with Crippen LogP contribution in [0.5, 0.6) is 0 Å². The lowest BCUT2D eigenvalue weighted by Gasteiger charge is -2.21. The molecular weight excluding hydrogens is 208 g/mol. The summed E-state index contributed by atoms with van der Waals surface area (Å²) in [5.74, 6) is 2.20. The minimum Gasteiger partial charge on any atom is -0.377 e. The number of ether oxygens (including phenoxy) is 1. The van der Waals surface area contributed by atoms with E-state index in [2.05, 4.69) is 6.07 Å². The number of nitriles is 1. The van der Waals surface area contributed by atoms with Crippen LogP contribution in [0.4, 0.5) is 0 Å². The van der Waals surface area contributed by atoms with Crippen molar-refractivity contribution in [2.75, 3.05) is 18.1 Å². The van der Waals surface area contributed by atoms with E-state index < -0.39 is 5.54 Å². The quantitative estimate of drug-likeness (QED) is 0.772. The minimum absolute atomic E-state index is 0.400. The van der Waals surface area contributed by atoms with Crippen molar-refractivity contribution in [1.82, 2.24) is 0 Å². The van der Waals surface area contributed by atoms with Gasteiger partial charge in [0.1, 0.15) is 5.54 Å². The summed E-state index contributed by atoms with van der Waals surface area (Å²) in [6.07, 6.45) is 5.01. The molecule has 0 radical (unpaired) electrons. The zero-order valence-electron chi connectivity index (χ0n) is 8.95. The van der Waals surface area contributed by atoms with Gasteiger partial charge in [-0.15, -0.1) is 0 Å². The Morgan fingerprint density at radius 1 is 1.47 bits per heavy atom. The Morgan fingerprint density at radius 3 is 2.80 bits per heavy atom. The van der Waals surface area contributed by atoms with Crippen LogP contribution >= 0.6 is 11.8 Å². The summed E-state index contributed by atoms with van der Waals surface area (Å²) in [5.41, 5.74) is 5.48. The third-order valence-corrected chi connectivity index (χ3v) is 4.47. The van der Waals surface area contributed by atoms with Gasteiger partial charge in [0, 0.05) is 18.1 Å². The molecule has 0 spiro atoms. The summed E-state index contributed by atoms with van der Waals surface area (Å²) >= 11 is 1.78. The molecule has 0 aromatic carbocycles. The summed E-state index contributed by atoms with van der Waals surface area (Å²) in [5, 5.41) is 9.07. The van der Waals surface area contributed by atoms with E-state index in [0.29, 0.717) is 12.0 Å². The summed E-state index contributed by atoms with van der Waals surface area (Å²) < 4.78 is 5.53. The molecule has 1 saturated heterocycles. The van der Waals surface area contributed by atoms with Gasteiger partial charge in [0.05, 0.1) is 12.2 Å². The van der Waals surface area contributed by atoms with Crippen LogP contribution < -0.4 is 5.73 Å². The van der Waals surface area contributed by atoms with Crippen LogP contribution in [0, 0.1) is 17.2 Å². The fourth-order valence-electron chi connectivity index (χ4n) is 1.97. The molecule has 0 aromatic rings. The number of thioether (sulfide) groups is 1. The Labute approximate surface area is 95.3 Å². The number of nitrogens with two attached hydrogens (primary N) is 1.